The molecule has 1 N–H and O–H groups in total. The van der Waals surface area contributed by atoms with Crippen LogP contribution in [0.4, 0.5) is 10.1 Å². The number of halogens is 1. The van der Waals surface area contributed by atoms with Crippen LogP contribution in [0.5, 0.6) is 5.75 Å². The van der Waals surface area contributed by atoms with Crippen LogP contribution in [-0.2, 0) is 26.2 Å². The van der Waals surface area contributed by atoms with E-state index in [2.05, 4.69) is 5.32 Å². The number of nitrogens with one attached hydrogen (secondary N) is 1. The van der Waals surface area contributed by atoms with Gasteiger partial charge in [0.25, 0.3) is 10.0 Å². The molecule has 3 rings (SSSR count). The van der Waals surface area contributed by atoms with Gasteiger partial charge in [-0.3, -0.25) is 13.9 Å². The fourth-order valence-corrected chi connectivity index (χ4v) is 5.88. The highest BCUT2D eigenvalue weighted by molar-refractivity contribution is 7.92. The molecule has 0 radical (unpaired) electrons. The smallest absolute Gasteiger partial charge is 0.264 e. The molecule has 2 amide bonds. The number of carbonyl (C=O) groups excluding carboxylic acids is 2. The number of aryl methyl sites for hydroxylation is 1. The Balaban J connectivity index is 2.12. The third-order valence-electron chi connectivity index (χ3n) is 6.47. The van der Waals surface area contributed by atoms with Crippen molar-refractivity contribution in [2.24, 2.45) is 0 Å². The summed E-state index contributed by atoms with van der Waals surface area (Å²) in [7, 11) is -4.24. The third-order valence-corrected chi connectivity index (χ3v) is 8.25. The number of benzene rings is 3. The van der Waals surface area contributed by atoms with E-state index in [1.54, 1.807) is 50.2 Å². The summed E-state index contributed by atoms with van der Waals surface area (Å²) in [6, 6.07) is 17.7. The normalized spacial score (nSPS) is 12.4. The van der Waals surface area contributed by atoms with E-state index >= 15 is 0 Å². The maximum Gasteiger partial charge on any atom is 0.264 e. The summed E-state index contributed by atoms with van der Waals surface area (Å²) in [6.07, 6.45) is 0.273. The van der Waals surface area contributed by atoms with Gasteiger partial charge in [-0.1, -0.05) is 48.9 Å². The SMILES string of the molecule is CCOc1ccccc1N(CC(=O)N(Cc1ccc(F)cc1)[C@H](CC)C(=O)NC(C)(C)C)S(=O)(=O)c1ccc(C)cc1. The van der Waals surface area contributed by atoms with Crippen LogP contribution < -0.4 is 14.4 Å². The summed E-state index contributed by atoms with van der Waals surface area (Å²) in [5, 5.41) is 2.93. The van der Waals surface area contributed by atoms with Crippen molar-refractivity contribution < 1.29 is 27.1 Å². The van der Waals surface area contributed by atoms with Crippen molar-refractivity contribution >= 4 is 27.5 Å². The maximum absolute atomic E-state index is 14.2. The number of para-hydroxylation sites is 2. The molecule has 0 aliphatic heterocycles. The van der Waals surface area contributed by atoms with E-state index in [1.807, 2.05) is 27.7 Å². The van der Waals surface area contributed by atoms with E-state index in [1.165, 1.54) is 41.3 Å². The van der Waals surface area contributed by atoms with Gasteiger partial charge in [0.2, 0.25) is 11.8 Å². The molecule has 226 valence electrons. The second-order valence-electron chi connectivity index (χ2n) is 11.0. The van der Waals surface area contributed by atoms with Crippen molar-refractivity contribution in [2.45, 2.75) is 71.0 Å². The molecule has 10 heteroatoms. The zero-order valence-corrected chi connectivity index (χ0v) is 25.9. The molecular formula is C32H40FN3O5S. The van der Waals surface area contributed by atoms with Gasteiger partial charge in [0, 0.05) is 12.1 Å². The van der Waals surface area contributed by atoms with Gasteiger partial charge in [-0.2, -0.15) is 0 Å². The Labute approximate surface area is 248 Å². The molecule has 0 aliphatic rings. The maximum atomic E-state index is 14.2. The summed E-state index contributed by atoms with van der Waals surface area (Å²) in [4.78, 5) is 29.0. The summed E-state index contributed by atoms with van der Waals surface area (Å²) in [5.74, 6) is -1.11. The van der Waals surface area contributed by atoms with Crippen molar-refractivity contribution in [1.82, 2.24) is 10.2 Å². The monoisotopic (exact) mass is 597 g/mol. The van der Waals surface area contributed by atoms with Crippen molar-refractivity contribution in [3.05, 3.63) is 89.7 Å². The first-order valence-electron chi connectivity index (χ1n) is 13.9. The van der Waals surface area contributed by atoms with Crippen LogP contribution in [-0.4, -0.2) is 49.9 Å². The lowest BCUT2D eigenvalue weighted by Gasteiger charge is -2.35. The zero-order chi connectivity index (χ0) is 31.1. The van der Waals surface area contributed by atoms with Crippen molar-refractivity contribution in [2.75, 3.05) is 17.5 Å². The van der Waals surface area contributed by atoms with Crippen LogP contribution in [0.15, 0.2) is 77.7 Å². The van der Waals surface area contributed by atoms with Gasteiger partial charge in [0.05, 0.1) is 17.2 Å². The molecule has 0 spiro atoms. The van der Waals surface area contributed by atoms with Crippen LogP contribution in [0.25, 0.3) is 0 Å². The standard InChI is InChI=1S/C32H40FN3O5S/c1-7-27(31(38)34-32(4,5)6)35(21-24-15-17-25(33)18-16-24)30(37)22-36(28-11-9-10-12-29(28)41-8-2)42(39,40)26-19-13-23(3)14-20-26/h9-20,27H,7-8,21-22H2,1-6H3,(H,34,38)/t27-/m1/s1. The molecule has 3 aromatic carbocycles. The Morgan fingerprint density at radius 3 is 2.14 bits per heavy atom. The van der Waals surface area contributed by atoms with Gasteiger partial charge in [-0.05, 0) is 83.0 Å². The van der Waals surface area contributed by atoms with Crippen molar-refractivity contribution in [3.63, 3.8) is 0 Å². The quantitative estimate of drug-likeness (QED) is 0.300. The summed E-state index contributed by atoms with van der Waals surface area (Å²) >= 11 is 0. The number of anilines is 1. The summed E-state index contributed by atoms with van der Waals surface area (Å²) < 4.78 is 48.6. The lowest BCUT2D eigenvalue weighted by Crippen LogP contribution is -2.55. The number of rotatable bonds is 12. The van der Waals surface area contributed by atoms with Crippen LogP contribution >= 0.6 is 0 Å². The van der Waals surface area contributed by atoms with Crippen LogP contribution in [0, 0.1) is 12.7 Å². The number of hydrogen-bond acceptors (Lipinski definition) is 5. The fraction of sp³-hybridized carbons (Fsp3) is 0.375. The highest BCUT2D eigenvalue weighted by atomic mass is 32.2. The minimum atomic E-state index is -4.24. The first-order chi connectivity index (χ1) is 19.8. The number of ether oxygens (including phenoxy) is 1. The Morgan fingerprint density at radius 2 is 1.57 bits per heavy atom. The topological polar surface area (TPSA) is 96.0 Å². The van der Waals surface area contributed by atoms with Gasteiger partial charge in [0.15, 0.2) is 0 Å². The molecule has 3 aromatic rings. The fourth-order valence-electron chi connectivity index (χ4n) is 4.45. The number of carbonyl (C=O) groups is 2. The molecule has 42 heavy (non-hydrogen) atoms. The van der Waals surface area contributed by atoms with Crippen LogP contribution in [0.2, 0.25) is 0 Å². The number of amides is 2. The molecule has 0 fully saturated rings. The van der Waals surface area contributed by atoms with E-state index in [9.17, 15) is 22.4 Å². The largest absolute Gasteiger partial charge is 0.492 e. The summed E-state index contributed by atoms with van der Waals surface area (Å²) in [6.45, 7) is 10.6. The number of hydrogen-bond donors (Lipinski definition) is 1. The van der Waals surface area contributed by atoms with Gasteiger partial charge in [-0.25, -0.2) is 12.8 Å². The zero-order valence-electron chi connectivity index (χ0n) is 25.1. The molecule has 0 bridgehead atoms. The first kappa shape index (κ1) is 32.6. The van der Waals surface area contributed by atoms with E-state index in [0.29, 0.717) is 11.3 Å². The van der Waals surface area contributed by atoms with Gasteiger partial charge in [0.1, 0.15) is 24.2 Å². The highest BCUT2D eigenvalue weighted by Gasteiger charge is 2.35. The Bertz CT molecular complexity index is 1470. The van der Waals surface area contributed by atoms with E-state index in [-0.39, 0.29) is 36.1 Å². The minimum Gasteiger partial charge on any atom is -0.492 e. The molecule has 0 aromatic heterocycles. The highest BCUT2D eigenvalue weighted by Crippen LogP contribution is 2.33. The molecule has 0 aliphatic carbocycles. The van der Waals surface area contributed by atoms with Crippen molar-refractivity contribution in [3.8, 4) is 5.75 Å². The second kappa shape index (κ2) is 13.8. The molecule has 1 atom stereocenters. The van der Waals surface area contributed by atoms with Gasteiger partial charge < -0.3 is 15.0 Å². The lowest BCUT2D eigenvalue weighted by molar-refractivity contribution is -0.141. The average molecular weight is 598 g/mol. The first-order valence-corrected chi connectivity index (χ1v) is 15.4. The minimum absolute atomic E-state index is 0.00908. The van der Waals surface area contributed by atoms with E-state index in [4.69, 9.17) is 4.74 Å². The Kier molecular flexibility index (Phi) is 10.7. The molecule has 0 heterocycles. The Morgan fingerprint density at radius 1 is 0.952 bits per heavy atom. The van der Waals surface area contributed by atoms with Crippen LogP contribution in [0.3, 0.4) is 0 Å². The molecular weight excluding hydrogens is 557 g/mol. The van der Waals surface area contributed by atoms with Crippen molar-refractivity contribution in [1.29, 1.82) is 0 Å². The molecule has 0 saturated heterocycles. The molecule has 8 nitrogen and oxygen atoms in total. The molecule has 0 saturated carbocycles. The van der Waals surface area contributed by atoms with E-state index in [0.717, 1.165) is 9.87 Å². The van der Waals surface area contributed by atoms with Crippen LogP contribution in [0.1, 0.15) is 52.2 Å². The van der Waals surface area contributed by atoms with E-state index < -0.39 is 39.9 Å². The lowest BCUT2D eigenvalue weighted by atomic mass is 10.1. The Hall–Kier alpha value is -3.92. The third kappa shape index (κ3) is 8.31. The summed E-state index contributed by atoms with van der Waals surface area (Å²) in [5.41, 5.74) is 1.11. The van der Waals surface area contributed by atoms with Gasteiger partial charge >= 0.3 is 0 Å². The average Bonchev–Trinajstić information content (AvgIpc) is 2.92. The second-order valence-corrected chi connectivity index (χ2v) is 12.9. The molecule has 0 unspecified atom stereocenters. The van der Waals surface area contributed by atoms with Gasteiger partial charge in [-0.15, -0.1) is 0 Å². The number of nitrogens with zero attached hydrogens (tertiary/aromatic N) is 2. The predicted molar refractivity (Wildman–Crippen MR) is 162 cm³/mol. The number of sulfonamides is 1. The predicted octanol–water partition coefficient (Wildman–Crippen LogP) is 5.45.